The molecule has 1 aliphatic heterocycles. The van der Waals surface area contributed by atoms with Gasteiger partial charge >= 0.3 is 0 Å². The molecule has 2 aromatic rings. The van der Waals surface area contributed by atoms with Crippen LogP contribution in [0, 0.1) is 0 Å². The fourth-order valence-electron chi connectivity index (χ4n) is 2.54. The highest BCUT2D eigenvalue weighted by molar-refractivity contribution is 5.76. The molecule has 0 radical (unpaired) electrons. The van der Waals surface area contributed by atoms with Crippen molar-refractivity contribution in [2.45, 2.75) is 38.8 Å². The highest BCUT2D eigenvalue weighted by Crippen LogP contribution is 2.20. The molecule has 1 amide bonds. The number of nitrogens with one attached hydrogen (secondary N) is 1. The van der Waals surface area contributed by atoms with Crippen LogP contribution in [-0.4, -0.2) is 60.4 Å². The van der Waals surface area contributed by atoms with Gasteiger partial charge in [-0.3, -0.25) is 14.6 Å². The van der Waals surface area contributed by atoms with Crippen molar-refractivity contribution in [3.63, 3.8) is 0 Å². The molecular weight excluding hydrogens is 298 g/mol. The maximum atomic E-state index is 12.3. The molecule has 3 rings (SSSR count). The number of carbonyl (C=O) groups excluding carboxylic acids is 1. The first-order chi connectivity index (χ1) is 11.3. The standard InChI is InChI=1S/C14H21N7O2/c1-2-12-17-14(19-18-12)11-8-20(6-7-23-11)13(22)4-3-5-21-10-15-9-16-21/h9-11H,2-8H2,1H3,(H,17,18,19)/t11-/m1/s1. The molecule has 0 bridgehead atoms. The van der Waals surface area contributed by atoms with Gasteiger partial charge in [0.05, 0.1) is 13.2 Å². The largest absolute Gasteiger partial charge is 0.366 e. The third kappa shape index (κ3) is 3.92. The summed E-state index contributed by atoms with van der Waals surface area (Å²) in [6.07, 6.45) is 4.93. The van der Waals surface area contributed by atoms with Crippen molar-refractivity contribution < 1.29 is 9.53 Å². The van der Waals surface area contributed by atoms with E-state index in [-0.39, 0.29) is 12.0 Å². The van der Waals surface area contributed by atoms with Gasteiger partial charge in [0.25, 0.3) is 0 Å². The van der Waals surface area contributed by atoms with Crippen molar-refractivity contribution >= 4 is 5.91 Å². The van der Waals surface area contributed by atoms with Crippen LogP contribution in [0.15, 0.2) is 12.7 Å². The summed E-state index contributed by atoms with van der Waals surface area (Å²) in [6, 6.07) is 0. The van der Waals surface area contributed by atoms with E-state index in [2.05, 4.69) is 25.3 Å². The van der Waals surface area contributed by atoms with Gasteiger partial charge < -0.3 is 9.64 Å². The van der Waals surface area contributed by atoms with Crippen LogP contribution in [0.5, 0.6) is 0 Å². The van der Waals surface area contributed by atoms with E-state index < -0.39 is 0 Å². The van der Waals surface area contributed by atoms with Gasteiger partial charge in [-0.2, -0.15) is 10.2 Å². The van der Waals surface area contributed by atoms with Gasteiger partial charge in [0.15, 0.2) is 5.82 Å². The number of rotatable bonds is 6. The summed E-state index contributed by atoms with van der Waals surface area (Å²) in [5.74, 6) is 1.59. The van der Waals surface area contributed by atoms with Crippen LogP contribution in [0.4, 0.5) is 0 Å². The number of H-pyrrole nitrogens is 1. The zero-order valence-electron chi connectivity index (χ0n) is 13.2. The lowest BCUT2D eigenvalue weighted by Crippen LogP contribution is -2.42. The minimum absolute atomic E-state index is 0.129. The molecule has 0 spiro atoms. The van der Waals surface area contributed by atoms with Crippen molar-refractivity contribution in [3.8, 4) is 0 Å². The molecule has 124 valence electrons. The number of morpholine rings is 1. The van der Waals surface area contributed by atoms with Gasteiger partial charge in [0, 0.05) is 25.9 Å². The SMILES string of the molecule is CCc1nc([C@H]2CN(C(=O)CCCn3cncn3)CCO2)n[nH]1. The molecule has 1 N–H and O–H groups in total. The molecule has 0 aromatic carbocycles. The molecule has 1 aliphatic rings. The summed E-state index contributed by atoms with van der Waals surface area (Å²) in [7, 11) is 0. The van der Waals surface area contributed by atoms with Crippen molar-refractivity contribution in [3.05, 3.63) is 24.3 Å². The van der Waals surface area contributed by atoms with E-state index in [1.807, 2.05) is 11.8 Å². The lowest BCUT2D eigenvalue weighted by atomic mass is 10.2. The summed E-state index contributed by atoms with van der Waals surface area (Å²) in [5.41, 5.74) is 0. The second-order valence-corrected chi connectivity index (χ2v) is 5.46. The number of hydrogen-bond donors (Lipinski definition) is 1. The van der Waals surface area contributed by atoms with Crippen molar-refractivity contribution in [2.75, 3.05) is 19.7 Å². The van der Waals surface area contributed by atoms with Gasteiger partial charge in [0.2, 0.25) is 5.91 Å². The maximum absolute atomic E-state index is 12.3. The highest BCUT2D eigenvalue weighted by atomic mass is 16.5. The Hall–Kier alpha value is -2.29. The van der Waals surface area contributed by atoms with Crippen LogP contribution in [0.25, 0.3) is 0 Å². The van der Waals surface area contributed by atoms with E-state index in [0.29, 0.717) is 38.5 Å². The predicted molar refractivity (Wildman–Crippen MR) is 80.3 cm³/mol. The van der Waals surface area contributed by atoms with E-state index >= 15 is 0 Å². The number of carbonyl (C=O) groups is 1. The number of amides is 1. The van der Waals surface area contributed by atoms with Crippen LogP contribution in [-0.2, 0) is 22.5 Å². The molecule has 0 unspecified atom stereocenters. The normalized spacial score (nSPS) is 18.3. The number of aromatic nitrogens is 6. The van der Waals surface area contributed by atoms with Gasteiger partial charge in [0.1, 0.15) is 24.6 Å². The zero-order valence-corrected chi connectivity index (χ0v) is 13.2. The Labute approximate surface area is 134 Å². The smallest absolute Gasteiger partial charge is 0.222 e. The van der Waals surface area contributed by atoms with Gasteiger partial charge in [-0.1, -0.05) is 6.92 Å². The van der Waals surface area contributed by atoms with E-state index in [9.17, 15) is 4.79 Å². The zero-order chi connectivity index (χ0) is 16.1. The lowest BCUT2D eigenvalue weighted by Gasteiger charge is -2.31. The monoisotopic (exact) mass is 319 g/mol. The molecular formula is C14H21N7O2. The average molecular weight is 319 g/mol. The molecule has 1 fully saturated rings. The Bertz CT molecular complexity index is 625. The summed E-state index contributed by atoms with van der Waals surface area (Å²) in [4.78, 5) is 22.5. The van der Waals surface area contributed by atoms with Gasteiger partial charge in [-0.25, -0.2) is 9.97 Å². The number of nitrogens with zero attached hydrogens (tertiary/aromatic N) is 6. The molecule has 3 heterocycles. The van der Waals surface area contributed by atoms with Crippen LogP contribution >= 0.6 is 0 Å². The number of aromatic amines is 1. The van der Waals surface area contributed by atoms with Gasteiger partial charge in [-0.15, -0.1) is 0 Å². The summed E-state index contributed by atoms with van der Waals surface area (Å²) >= 11 is 0. The van der Waals surface area contributed by atoms with E-state index in [1.54, 1.807) is 11.0 Å². The Morgan fingerprint density at radius 1 is 1.52 bits per heavy atom. The third-order valence-electron chi connectivity index (χ3n) is 3.84. The lowest BCUT2D eigenvalue weighted by molar-refractivity contribution is -0.139. The fourth-order valence-corrected chi connectivity index (χ4v) is 2.54. The van der Waals surface area contributed by atoms with Crippen molar-refractivity contribution in [1.82, 2.24) is 34.8 Å². The first kappa shape index (κ1) is 15.6. The molecule has 0 aliphatic carbocycles. The molecule has 1 saturated heterocycles. The van der Waals surface area contributed by atoms with Gasteiger partial charge in [-0.05, 0) is 6.42 Å². The topological polar surface area (TPSA) is 102 Å². The van der Waals surface area contributed by atoms with E-state index in [1.165, 1.54) is 6.33 Å². The first-order valence-electron chi connectivity index (χ1n) is 7.89. The summed E-state index contributed by atoms with van der Waals surface area (Å²) < 4.78 is 7.44. The minimum Gasteiger partial charge on any atom is -0.366 e. The average Bonchev–Trinajstić information content (AvgIpc) is 3.26. The number of aryl methyl sites for hydroxylation is 2. The summed E-state index contributed by atoms with van der Waals surface area (Å²) in [5, 5.41) is 11.1. The molecule has 23 heavy (non-hydrogen) atoms. The van der Waals surface area contributed by atoms with Crippen LogP contribution in [0.3, 0.4) is 0 Å². The molecule has 9 nitrogen and oxygen atoms in total. The van der Waals surface area contributed by atoms with Crippen molar-refractivity contribution in [1.29, 1.82) is 0 Å². The fraction of sp³-hybridized carbons (Fsp3) is 0.643. The Balaban J connectivity index is 1.50. The molecule has 1 atom stereocenters. The Kier molecular flexibility index (Phi) is 4.96. The second kappa shape index (κ2) is 7.32. The second-order valence-electron chi connectivity index (χ2n) is 5.46. The molecule has 2 aromatic heterocycles. The summed E-state index contributed by atoms with van der Waals surface area (Å²) in [6.45, 7) is 4.33. The van der Waals surface area contributed by atoms with Crippen LogP contribution in [0.2, 0.25) is 0 Å². The first-order valence-corrected chi connectivity index (χ1v) is 7.89. The van der Waals surface area contributed by atoms with Crippen LogP contribution < -0.4 is 0 Å². The predicted octanol–water partition coefficient (Wildman–Crippen LogP) is 0.339. The Morgan fingerprint density at radius 3 is 3.17 bits per heavy atom. The minimum atomic E-state index is -0.250. The maximum Gasteiger partial charge on any atom is 0.222 e. The number of hydrogen-bond acceptors (Lipinski definition) is 6. The third-order valence-corrected chi connectivity index (χ3v) is 3.84. The van der Waals surface area contributed by atoms with E-state index in [0.717, 1.165) is 18.7 Å². The Morgan fingerprint density at radius 2 is 2.43 bits per heavy atom. The molecule has 9 heteroatoms. The molecule has 0 saturated carbocycles. The van der Waals surface area contributed by atoms with E-state index in [4.69, 9.17) is 4.74 Å². The quantitative estimate of drug-likeness (QED) is 0.824. The van der Waals surface area contributed by atoms with Crippen LogP contribution in [0.1, 0.15) is 37.5 Å². The highest BCUT2D eigenvalue weighted by Gasteiger charge is 2.27. The number of ether oxygens (including phenoxy) is 1. The van der Waals surface area contributed by atoms with Crippen molar-refractivity contribution in [2.24, 2.45) is 0 Å².